The number of carbonyl (C=O) groups excluding carboxylic acids is 1. The minimum atomic E-state index is -1.76. The van der Waals surface area contributed by atoms with Crippen LogP contribution >= 0.6 is 0 Å². The molecule has 2 rings (SSSR count). The van der Waals surface area contributed by atoms with E-state index in [-0.39, 0.29) is 5.04 Å². The van der Waals surface area contributed by atoms with E-state index in [9.17, 15) is 4.79 Å². The maximum absolute atomic E-state index is 13.3. The summed E-state index contributed by atoms with van der Waals surface area (Å²) in [7, 11) is -0.223. The molecule has 0 aliphatic rings. The Morgan fingerprint density at radius 3 is 2.27 bits per heavy atom. The van der Waals surface area contributed by atoms with Gasteiger partial charge in [-0.15, -0.1) is 0 Å². The molecule has 0 N–H and O–H groups in total. The van der Waals surface area contributed by atoms with Gasteiger partial charge < -0.3 is 13.9 Å². The van der Waals surface area contributed by atoms with Gasteiger partial charge in [-0.25, -0.2) is 4.79 Å². The number of aryl methyl sites for hydroxylation is 1. The van der Waals surface area contributed by atoms with Crippen LogP contribution in [0, 0.1) is 6.92 Å². The summed E-state index contributed by atoms with van der Waals surface area (Å²) in [6, 6.07) is 15.4. The lowest BCUT2D eigenvalue weighted by atomic mass is 10.0. The zero-order valence-corrected chi connectivity index (χ0v) is 27.9. The van der Waals surface area contributed by atoms with Crippen molar-refractivity contribution in [3.05, 3.63) is 94.4 Å². The van der Waals surface area contributed by atoms with Gasteiger partial charge in [-0.05, 0) is 88.0 Å². The lowest BCUT2D eigenvalue weighted by Gasteiger charge is -2.36. The van der Waals surface area contributed by atoms with E-state index in [1.165, 1.54) is 18.3 Å². The third-order valence-electron chi connectivity index (χ3n) is 7.78. The summed E-state index contributed by atoms with van der Waals surface area (Å²) in [4.78, 5) is 17.9. The number of pyridine rings is 1. The molecule has 0 aliphatic heterocycles. The number of ether oxygens (including phenoxy) is 2. The standard InChI is InChI=1S/C35H51NO4Si/c1-26(16-14-17-27(2)25-39-41(9,10)35(5,6)7)22-23-32(28(3)24-31-21-15-18-29(4)36-31)40-34(37)33(38-8)30-19-12-11-13-20-30/h11-13,15,17-22,24,32-33H,14,16,23,25H2,1-10H3/t32-,33+/m0/s1. The molecule has 1 heterocycles. The Balaban J connectivity index is 2.12. The zero-order chi connectivity index (χ0) is 30.6. The van der Waals surface area contributed by atoms with E-state index in [0.29, 0.717) is 13.0 Å². The van der Waals surface area contributed by atoms with Crippen LogP contribution < -0.4 is 0 Å². The normalized spacial score (nSPS) is 15.0. The predicted molar refractivity (Wildman–Crippen MR) is 173 cm³/mol. The molecule has 1 aromatic carbocycles. The minimum Gasteiger partial charge on any atom is -0.455 e. The van der Waals surface area contributed by atoms with E-state index >= 15 is 0 Å². The largest absolute Gasteiger partial charge is 0.455 e. The molecular formula is C35H51NO4Si. The van der Waals surface area contributed by atoms with Crippen LogP contribution in [0.1, 0.15) is 83.9 Å². The molecule has 0 radical (unpaired) electrons. The quantitative estimate of drug-likeness (QED) is 0.127. The van der Waals surface area contributed by atoms with Gasteiger partial charge in [0.2, 0.25) is 0 Å². The van der Waals surface area contributed by atoms with Crippen molar-refractivity contribution in [2.75, 3.05) is 13.7 Å². The van der Waals surface area contributed by atoms with Crippen molar-refractivity contribution < 1.29 is 18.7 Å². The summed E-state index contributed by atoms with van der Waals surface area (Å²) >= 11 is 0. The molecule has 0 fully saturated rings. The van der Waals surface area contributed by atoms with Crippen LogP contribution in [0.3, 0.4) is 0 Å². The molecule has 1 aromatic heterocycles. The molecule has 0 aliphatic carbocycles. The average molecular weight is 578 g/mol. The Hall–Kier alpha value is -2.80. The van der Waals surface area contributed by atoms with Gasteiger partial charge in [0.1, 0.15) is 6.10 Å². The second-order valence-corrected chi connectivity index (χ2v) is 17.3. The third-order valence-corrected chi connectivity index (χ3v) is 12.3. The molecule has 0 amide bonds. The number of benzene rings is 1. The van der Waals surface area contributed by atoms with Gasteiger partial charge in [0.25, 0.3) is 0 Å². The topological polar surface area (TPSA) is 57.7 Å². The van der Waals surface area contributed by atoms with Gasteiger partial charge in [-0.3, -0.25) is 4.98 Å². The Morgan fingerprint density at radius 2 is 1.66 bits per heavy atom. The van der Waals surface area contributed by atoms with E-state index in [1.807, 2.05) is 68.5 Å². The lowest BCUT2D eigenvalue weighted by Crippen LogP contribution is -2.41. The van der Waals surface area contributed by atoms with Crippen molar-refractivity contribution in [2.24, 2.45) is 0 Å². The first-order valence-electron chi connectivity index (χ1n) is 14.6. The van der Waals surface area contributed by atoms with Crippen molar-refractivity contribution in [1.29, 1.82) is 0 Å². The minimum absolute atomic E-state index is 0.207. The van der Waals surface area contributed by atoms with Crippen LogP contribution in [0.5, 0.6) is 0 Å². The van der Waals surface area contributed by atoms with E-state index in [4.69, 9.17) is 13.9 Å². The van der Waals surface area contributed by atoms with Gasteiger partial charge >= 0.3 is 5.97 Å². The smallest absolute Gasteiger partial charge is 0.340 e. The fraction of sp³-hybridized carbons (Fsp3) is 0.486. The molecule has 0 unspecified atom stereocenters. The number of allylic oxidation sites excluding steroid dienone is 2. The first-order valence-corrected chi connectivity index (χ1v) is 17.5. The van der Waals surface area contributed by atoms with E-state index in [1.54, 1.807) is 0 Å². The highest BCUT2D eigenvalue weighted by Gasteiger charge is 2.37. The zero-order valence-electron chi connectivity index (χ0n) is 26.9. The van der Waals surface area contributed by atoms with Crippen molar-refractivity contribution in [3.63, 3.8) is 0 Å². The number of hydrogen-bond donors (Lipinski definition) is 0. The predicted octanol–water partition coefficient (Wildman–Crippen LogP) is 9.18. The Morgan fingerprint density at radius 1 is 0.976 bits per heavy atom. The lowest BCUT2D eigenvalue weighted by molar-refractivity contribution is -0.159. The maximum atomic E-state index is 13.3. The second kappa shape index (κ2) is 16.0. The number of carbonyl (C=O) groups is 1. The average Bonchev–Trinajstić information content (AvgIpc) is 2.90. The van der Waals surface area contributed by atoms with Gasteiger partial charge in [-0.1, -0.05) is 80.5 Å². The van der Waals surface area contributed by atoms with Gasteiger partial charge in [0.15, 0.2) is 14.4 Å². The van der Waals surface area contributed by atoms with Crippen LogP contribution in [0.4, 0.5) is 0 Å². The molecular weight excluding hydrogens is 526 g/mol. The number of methoxy groups -OCH3 is 1. The number of nitrogens with zero attached hydrogens (tertiary/aromatic N) is 1. The van der Waals surface area contributed by atoms with Crippen molar-refractivity contribution in [2.45, 2.75) is 98.1 Å². The summed E-state index contributed by atoms with van der Waals surface area (Å²) in [6.07, 6.45) is 7.69. The summed E-state index contributed by atoms with van der Waals surface area (Å²) in [6.45, 7) is 20.3. The Kier molecular flexibility index (Phi) is 13.4. The summed E-state index contributed by atoms with van der Waals surface area (Å²) in [5.41, 5.74) is 6.02. The monoisotopic (exact) mass is 577 g/mol. The van der Waals surface area contributed by atoms with Crippen LogP contribution in [-0.4, -0.2) is 39.1 Å². The van der Waals surface area contributed by atoms with Gasteiger partial charge in [0.05, 0.1) is 12.3 Å². The van der Waals surface area contributed by atoms with Gasteiger partial charge in [-0.2, -0.15) is 0 Å². The van der Waals surface area contributed by atoms with Crippen LogP contribution in [0.25, 0.3) is 6.08 Å². The Bertz CT molecular complexity index is 1210. The third kappa shape index (κ3) is 11.5. The molecule has 0 saturated heterocycles. The van der Waals surface area contributed by atoms with Crippen LogP contribution in [0.15, 0.2) is 77.4 Å². The number of aromatic nitrogens is 1. The number of rotatable bonds is 14. The van der Waals surface area contributed by atoms with Crippen LogP contribution in [-0.2, 0) is 18.7 Å². The molecule has 2 aromatic rings. The first-order chi connectivity index (χ1) is 19.2. The summed E-state index contributed by atoms with van der Waals surface area (Å²) in [5.74, 6) is -0.403. The van der Waals surface area contributed by atoms with Gasteiger partial charge in [0, 0.05) is 19.2 Å². The molecule has 41 heavy (non-hydrogen) atoms. The van der Waals surface area contributed by atoms with E-state index in [0.717, 1.165) is 35.4 Å². The summed E-state index contributed by atoms with van der Waals surface area (Å²) < 4.78 is 18.0. The van der Waals surface area contributed by atoms with E-state index in [2.05, 4.69) is 64.8 Å². The van der Waals surface area contributed by atoms with Crippen LogP contribution in [0.2, 0.25) is 18.1 Å². The second-order valence-electron chi connectivity index (χ2n) is 12.5. The van der Waals surface area contributed by atoms with E-state index < -0.39 is 26.5 Å². The highest BCUT2D eigenvalue weighted by molar-refractivity contribution is 6.74. The molecule has 224 valence electrons. The number of hydrogen-bond acceptors (Lipinski definition) is 5. The summed E-state index contributed by atoms with van der Waals surface area (Å²) in [5, 5.41) is 0.207. The fourth-order valence-electron chi connectivity index (χ4n) is 4.02. The molecule has 0 bridgehead atoms. The highest BCUT2D eigenvalue weighted by atomic mass is 28.4. The number of esters is 1. The van der Waals surface area contributed by atoms with Crippen molar-refractivity contribution in [1.82, 2.24) is 4.98 Å². The highest BCUT2D eigenvalue weighted by Crippen LogP contribution is 2.36. The molecule has 0 spiro atoms. The maximum Gasteiger partial charge on any atom is 0.340 e. The molecule has 6 heteroatoms. The van der Waals surface area contributed by atoms with Crippen molar-refractivity contribution in [3.8, 4) is 0 Å². The molecule has 2 atom stereocenters. The first kappa shape index (κ1) is 34.4. The Labute approximate surface area is 249 Å². The molecule has 5 nitrogen and oxygen atoms in total. The SMILES string of the molecule is CO[C@@H](C(=O)O[C@@H](CC=C(C)CCC=C(C)CO[Si](C)(C)C(C)(C)C)C(C)=Cc1cccc(C)n1)c1ccccc1. The molecule has 0 saturated carbocycles. The fourth-order valence-corrected chi connectivity index (χ4v) is 5.04. The van der Waals surface area contributed by atoms with Crippen molar-refractivity contribution >= 4 is 20.4 Å².